The molecule has 0 radical (unpaired) electrons. The molecule has 0 N–H and O–H groups in total. The van der Waals surface area contributed by atoms with Gasteiger partial charge in [0.2, 0.25) is 0 Å². The van der Waals surface area contributed by atoms with Gasteiger partial charge in [-0.05, 0) is 6.42 Å². The third kappa shape index (κ3) is 11.9. The molecule has 0 amide bonds. The van der Waals surface area contributed by atoms with E-state index in [1.54, 1.807) is 0 Å². The number of hydrogen-bond acceptors (Lipinski definition) is 3. The van der Waals surface area contributed by atoms with E-state index in [0.29, 0.717) is 18.8 Å². The van der Waals surface area contributed by atoms with E-state index in [2.05, 4.69) is 19.6 Å². The van der Waals surface area contributed by atoms with Gasteiger partial charge in [0.1, 0.15) is 6.61 Å². The maximum Gasteiger partial charge on any atom is 0.305 e. The number of esters is 1. The Morgan fingerprint density at radius 1 is 1.00 bits per heavy atom. The highest BCUT2D eigenvalue weighted by atomic mass is 32.1. The Hall–Kier alpha value is -0.180. The lowest BCUT2D eigenvalue weighted by atomic mass is 10.1. The van der Waals surface area contributed by atoms with E-state index in [0.717, 1.165) is 12.8 Å². The lowest BCUT2D eigenvalue weighted by Gasteiger charge is -2.03. The Balaban J connectivity index is 3.05. The van der Waals surface area contributed by atoms with Crippen molar-refractivity contribution < 1.29 is 9.53 Å². The van der Waals surface area contributed by atoms with Crippen molar-refractivity contribution in [1.29, 1.82) is 0 Å². The van der Waals surface area contributed by atoms with E-state index in [9.17, 15) is 4.79 Å². The van der Waals surface area contributed by atoms with Crippen molar-refractivity contribution in [3.63, 3.8) is 0 Å². The van der Waals surface area contributed by atoms with E-state index in [-0.39, 0.29) is 5.97 Å². The summed E-state index contributed by atoms with van der Waals surface area (Å²) in [5.74, 6) is 0.545. The Kier molecular flexibility index (Phi) is 12.7. The van der Waals surface area contributed by atoms with Crippen LogP contribution in [0.5, 0.6) is 0 Å². The zero-order valence-electron chi connectivity index (χ0n) is 10.5. The van der Waals surface area contributed by atoms with Gasteiger partial charge in [-0.15, -0.1) is 0 Å². The standard InChI is InChI=1S/C13H26O2S/c1-2-3-4-5-6-7-8-9-10-13(14)15-11-12-16/h16H,2-12H2,1H3. The molecule has 0 aromatic heterocycles. The Labute approximate surface area is 106 Å². The van der Waals surface area contributed by atoms with Gasteiger partial charge in [0.05, 0.1) is 0 Å². The van der Waals surface area contributed by atoms with E-state index in [4.69, 9.17) is 4.74 Å². The van der Waals surface area contributed by atoms with E-state index >= 15 is 0 Å². The van der Waals surface area contributed by atoms with Gasteiger partial charge in [0, 0.05) is 12.2 Å². The minimum absolute atomic E-state index is 0.0694. The van der Waals surface area contributed by atoms with Crippen molar-refractivity contribution in [3.05, 3.63) is 0 Å². The van der Waals surface area contributed by atoms with E-state index in [1.165, 1.54) is 38.5 Å². The van der Waals surface area contributed by atoms with Gasteiger partial charge in [-0.25, -0.2) is 0 Å². The number of carbonyl (C=O) groups is 1. The van der Waals surface area contributed by atoms with Gasteiger partial charge in [0.15, 0.2) is 0 Å². The van der Waals surface area contributed by atoms with E-state index < -0.39 is 0 Å². The summed E-state index contributed by atoms with van der Waals surface area (Å²) in [4.78, 5) is 11.1. The second-order valence-corrected chi connectivity index (χ2v) is 4.62. The first kappa shape index (κ1) is 15.8. The molecule has 0 rings (SSSR count). The first-order valence-corrected chi connectivity index (χ1v) is 7.21. The molecule has 0 bridgehead atoms. The van der Waals surface area contributed by atoms with Crippen molar-refractivity contribution in [2.75, 3.05) is 12.4 Å². The van der Waals surface area contributed by atoms with Crippen LogP contribution in [0.4, 0.5) is 0 Å². The molecule has 16 heavy (non-hydrogen) atoms. The fraction of sp³-hybridized carbons (Fsp3) is 0.923. The Morgan fingerprint density at radius 3 is 2.12 bits per heavy atom. The molecule has 2 nitrogen and oxygen atoms in total. The van der Waals surface area contributed by atoms with Crippen molar-refractivity contribution in [3.8, 4) is 0 Å². The zero-order chi connectivity index (χ0) is 12.1. The maximum absolute atomic E-state index is 11.1. The molecular weight excluding hydrogens is 220 g/mol. The van der Waals surface area contributed by atoms with Gasteiger partial charge >= 0.3 is 5.97 Å². The van der Waals surface area contributed by atoms with Crippen LogP contribution in [0, 0.1) is 0 Å². The number of thiol groups is 1. The average Bonchev–Trinajstić information content (AvgIpc) is 2.30. The summed E-state index contributed by atoms with van der Waals surface area (Å²) in [7, 11) is 0. The van der Waals surface area contributed by atoms with Gasteiger partial charge in [-0.3, -0.25) is 4.79 Å². The van der Waals surface area contributed by atoms with Crippen LogP contribution in [-0.2, 0) is 9.53 Å². The minimum Gasteiger partial charge on any atom is -0.465 e. The summed E-state index contributed by atoms with van der Waals surface area (Å²) in [5.41, 5.74) is 0. The van der Waals surface area contributed by atoms with Crippen LogP contribution in [0.2, 0.25) is 0 Å². The molecule has 0 saturated heterocycles. The van der Waals surface area contributed by atoms with Gasteiger partial charge in [0.25, 0.3) is 0 Å². The molecule has 0 aromatic carbocycles. The topological polar surface area (TPSA) is 26.3 Å². The number of unbranched alkanes of at least 4 members (excludes halogenated alkanes) is 7. The van der Waals surface area contributed by atoms with Crippen LogP contribution in [-0.4, -0.2) is 18.3 Å². The monoisotopic (exact) mass is 246 g/mol. The Morgan fingerprint density at radius 2 is 1.56 bits per heavy atom. The number of hydrogen-bond donors (Lipinski definition) is 1. The average molecular weight is 246 g/mol. The largest absolute Gasteiger partial charge is 0.465 e. The van der Waals surface area contributed by atoms with Crippen molar-refractivity contribution in [2.24, 2.45) is 0 Å². The highest BCUT2D eigenvalue weighted by Gasteiger charge is 2.01. The number of ether oxygens (including phenoxy) is 1. The second kappa shape index (κ2) is 12.9. The SMILES string of the molecule is CCCCCCCCCCC(=O)OCCS. The summed E-state index contributed by atoms with van der Waals surface area (Å²) in [6.45, 7) is 2.68. The van der Waals surface area contributed by atoms with Gasteiger partial charge in [-0.1, -0.05) is 51.9 Å². The minimum atomic E-state index is -0.0694. The fourth-order valence-corrected chi connectivity index (χ4v) is 1.73. The van der Waals surface area contributed by atoms with Crippen molar-refractivity contribution >= 4 is 18.6 Å². The van der Waals surface area contributed by atoms with Gasteiger partial charge in [-0.2, -0.15) is 12.6 Å². The third-order valence-electron chi connectivity index (χ3n) is 2.59. The first-order valence-electron chi connectivity index (χ1n) is 6.57. The highest BCUT2D eigenvalue weighted by Crippen LogP contribution is 2.09. The van der Waals surface area contributed by atoms with Crippen LogP contribution in [0.15, 0.2) is 0 Å². The molecule has 0 heterocycles. The normalized spacial score (nSPS) is 10.4. The predicted octanol–water partition coefficient (Wildman–Crippen LogP) is 3.99. The third-order valence-corrected chi connectivity index (χ3v) is 2.77. The molecule has 0 fully saturated rings. The quantitative estimate of drug-likeness (QED) is 0.339. The lowest BCUT2D eigenvalue weighted by molar-refractivity contribution is -0.143. The molecule has 0 aliphatic rings. The van der Waals surface area contributed by atoms with Crippen LogP contribution >= 0.6 is 12.6 Å². The predicted molar refractivity (Wildman–Crippen MR) is 72.0 cm³/mol. The smallest absolute Gasteiger partial charge is 0.305 e. The molecule has 96 valence electrons. The lowest BCUT2D eigenvalue weighted by Crippen LogP contribution is -2.06. The molecule has 0 atom stereocenters. The number of carbonyl (C=O) groups excluding carboxylic acids is 1. The van der Waals surface area contributed by atoms with E-state index in [1.807, 2.05) is 0 Å². The summed E-state index contributed by atoms with van der Waals surface area (Å²) >= 11 is 3.98. The summed E-state index contributed by atoms with van der Waals surface area (Å²) in [5, 5.41) is 0. The summed E-state index contributed by atoms with van der Waals surface area (Å²) in [6.07, 6.45) is 10.6. The van der Waals surface area contributed by atoms with Crippen LogP contribution < -0.4 is 0 Å². The number of rotatable bonds is 11. The second-order valence-electron chi connectivity index (χ2n) is 4.17. The van der Waals surface area contributed by atoms with Crippen LogP contribution in [0.25, 0.3) is 0 Å². The van der Waals surface area contributed by atoms with Crippen molar-refractivity contribution in [1.82, 2.24) is 0 Å². The zero-order valence-corrected chi connectivity index (χ0v) is 11.4. The first-order chi connectivity index (χ1) is 7.81. The fourth-order valence-electron chi connectivity index (χ4n) is 1.63. The highest BCUT2D eigenvalue weighted by molar-refractivity contribution is 7.80. The maximum atomic E-state index is 11.1. The Bertz CT molecular complexity index is 160. The summed E-state index contributed by atoms with van der Waals surface area (Å²) in [6, 6.07) is 0. The molecule has 0 aromatic rings. The molecule has 3 heteroatoms. The molecule has 0 aliphatic carbocycles. The summed E-state index contributed by atoms with van der Waals surface area (Å²) < 4.78 is 4.94. The molecule has 0 spiro atoms. The van der Waals surface area contributed by atoms with Gasteiger partial charge < -0.3 is 4.74 Å². The van der Waals surface area contributed by atoms with Crippen LogP contribution in [0.1, 0.15) is 64.7 Å². The van der Waals surface area contributed by atoms with Crippen molar-refractivity contribution in [2.45, 2.75) is 64.7 Å². The molecule has 0 saturated carbocycles. The van der Waals surface area contributed by atoms with Crippen LogP contribution in [0.3, 0.4) is 0 Å². The molecule has 0 unspecified atom stereocenters. The molecular formula is C13H26O2S. The molecule has 0 aliphatic heterocycles.